The second kappa shape index (κ2) is 11.3. The molecule has 2 heterocycles. The van der Waals surface area contributed by atoms with Crippen molar-refractivity contribution in [3.8, 4) is 11.5 Å². The molecule has 0 radical (unpaired) electrons. The van der Waals surface area contributed by atoms with Crippen LogP contribution in [0.4, 0.5) is 0 Å². The topological polar surface area (TPSA) is 79.1 Å². The van der Waals surface area contributed by atoms with E-state index in [-0.39, 0.29) is 12.2 Å². The average Bonchev–Trinajstić information content (AvgIpc) is 3.25. The van der Waals surface area contributed by atoms with Crippen LogP contribution in [0, 0.1) is 0 Å². The summed E-state index contributed by atoms with van der Waals surface area (Å²) in [5.41, 5.74) is 2.18. The van der Waals surface area contributed by atoms with Crippen LogP contribution in [0.25, 0.3) is 16.8 Å². The number of nitrogens with zero attached hydrogens (tertiary/aromatic N) is 2. The van der Waals surface area contributed by atoms with Crippen LogP contribution in [0.3, 0.4) is 0 Å². The Morgan fingerprint density at radius 1 is 1.08 bits per heavy atom. The fourth-order valence-electron chi connectivity index (χ4n) is 4.83. The van der Waals surface area contributed by atoms with Crippen LogP contribution in [-0.2, 0) is 9.53 Å². The fraction of sp³-hybridized carbons (Fsp3) is 0.258. The van der Waals surface area contributed by atoms with Crippen LogP contribution in [0.1, 0.15) is 44.4 Å². The molecule has 4 aromatic rings. The molecule has 0 saturated heterocycles. The number of fused-ring (bicyclic) bond motifs is 2. The molecule has 5 rings (SSSR count). The molecule has 200 valence electrons. The molecule has 39 heavy (non-hydrogen) atoms. The second-order valence-electron chi connectivity index (χ2n) is 9.12. The van der Waals surface area contributed by atoms with Crippen molar-refractivity contribution in [1.82, 2.24) is 4.57 Å². The smallest absolute Gasteiger partial charge is 0.338 e. The minimum Gasteiger partial charge on any atom is -0.496 e. The number of esters is 1. The van der Waals surface area contributed by atoms with Gasteiger partial charge < -0.3 is 14.2 Å². The van der Waals surface area contributed by atoms with E-state index < -0.39 is 12.0 Å². The molecule has 3 aromatic carbocycles. The third-order valence-electron chi connectivity index (χ3n) is 6.59. The molecule has 0 amide bonds. The first-order valence-electron chi connectivity index (χ1n) is 12.9. The molecule has 0 fully saturated rings. The largest absolute Gasteiger partial charge is 0.496 e. The predicted molar refractivity (Wildman–Crippen MR) is 153 cm³/mol. The number of thiazole rings is 1. The van der Waals surface area contributed by atoms with Crippen LogP contribution in [0.5, 0.6) is 11.5 Å². The van der Waals surface area contributed by atoms with Gasteiger partial charge in [-0.15, -0.1) is 0 Å². The van der Waals surface area contributed by atoms with Gasteiger partial charge in [0, 0.05) is 5.56 Å². The van der Waals surface area contributed by atoms with Crippen LogP contribution >= 0.6 is 11.3 Å². The summed E-state index contributed by atoms with van der Waals surface area (Å²) in [5.74, 6) is 0.858. The molecule has 0 bridgehead atoms. The van der Waals surface area contributed by atoms with Crippen molar-refractivity contribution < 1.29 is 19.0 Å². The number of rotatable bonds is 8. The maximum Gasteiger partial charge on any atom is 0.338 e. The number of hydrogen-bond donors (Lipinski definition) is 0. The highest BCUT2D eigenvalue weighted by molar-refractivity contribution is 7.07. The van der Waals surface area contributed by atoms with Crippen molar-refractivity contribution in [1.29, 1.82) is 0 Å². The van der Waals surface area contributed by atoms with E-state index in [2.05, 4.69) is 6.92 Å². The van der Waals surface area contributed by atoms with E-state index >= 15 is 0 Å². The highest BCUT2D eigenvalue weighted by Crippen LogP contribution is 2.40. The molecule has 1 aliphatic rings. The Balaban J connectivity index is 1.74. The summed E-state index contributed by atoms with van der Waals surface area (Å²) >= 11 is 1.29. The summed E-state index contributed by atoms with van der Waals surface area (Å²) in [4.78, 5) is 32.6. The van der Waals surface area contributed by atoms with Crippen molar-refractivity contribution in [2.45, 2.75) is 33.2 Å². The first kappa shape index (κ1) is 26.4. The Labute approximate surface area is 230 Å². The Bertz CT molecular complexity index is 1750. The summed E-state index contributed by atoms with van der Waals surface area (Å²) in [5, 5.41) is 1.86. The monoisotopic (exact) mass is 542 g/mol. The van der Waals surface area contributed by atoms with E-state index in [1.54, 1.807) is 25.5 Å². The Morgan fingerprint density at radius 3 is 2.56 bits per heavy atom. The summed E-state index contributed by atoms with van der Waals surface area (Å²) in [7, 11) is 1.59. The van der Waals surface area contributed by atoms with Gasteiger partial charge >= 0.3 is 5.97 Å². The van der Waals surface area contributed by atoms with Gasteiger partial charge in [0.1, 0.15) is 17.5 Å². The number of ether oxygens (including phenoxy) is 3. The molecule has 1 aromatic heterocycles. The highest BCUT2D eigenvalue weighted by atomic mass is 32.1. The van der Waals surface area contributed by atoms with Gasteiger partial charge in [-0.05, 0) is 60.9 Å². The summed E-state index contributed by atoms with van der Waals surface area (Å²) in [6.07, 6.45) is 2.77. The average molecular weight is 543 g/mol. The van der Waals surface area contributed by atoms with Crippen LogP contribution in [0.15, 0.2) is 81.7 Å². The van der Waals surface area contributed by atoms with Crippen LogP contribution in [0.2, 0.25) is 0 Å². The summed E-state index contributed by atoms with van der Waals surface area (Å²) in [6.45, 7) is 6.46. The molecule has 7 nitrogen and oxygen atoms in total. The lowest BCUT2D eigenvalue weighted by Crippen LogP contribution is -2.40. The SMILES string of the molecule is CCCOc1ccc(/C=c2\sc3n(c2=O)[C@@H](c2c(OC)ccc4ccccc24)C(C(=O)OCC)=C(C)N=3)cc1. The Morgan fingerprint density at radius 2 is 1.85 bits per heavy atom. The van der Waals surface area contributed by atoms with Crippen LogP contribution in [-0.4, -0.2) is 30.9 Å². The first-order valence-corrected chi connectivity index (χ1v) is 13.8. The van der Waals surface area contributed by atoms with Crippen molar-refractivity contribution in [3.05, 3.63) is 103 Å². The number of methoxy groups -OCH3 is 1. The number of aromatic nitrogens is 1. The molecular weight excluding hydrogens is 512 g/mol. The molecule has 8 heteroatoms. The van der Waals surface area contributed by atoms with Gasteiger partial charge in [-0.2, -0.15) is 0 Å². The molecular formula is C31H30N2O5S. The number of allylic oxidation sites excluding steroid dienone is 1. The number of benzene rings is 3. The van der Waals surface area contributed by atoms with Gasteiger partial charge in [0.15, 0.2) is 4.80 Å². The van der Waals surface area contributed by atoms with Crippen molar-refractivity contribution in [3.63, 3.8) is 0 Å². The zero-order valence-electron chi connectivity index (χ0n) is 22.4. The Hall–Kier alpha value is -4.17. The first-order chi connectivity index (χ1) is 19.0. The van der Waals surface area contributed by atoms with Crippen molar-refractivity contribution in [2.24, 2.45) is 4.99 Å². The third-order valence-corrected chi connectivity index (χ3v) is 7.57. The van der Waals surface area contributed by atoms with E-state index in [0.717, 1.165) is 34.1 Å². The molecule has 0 spiro atoms. The molecule has 0 saturated carbocycles. The van der Waals surface area contributed by atoms with E-state index in [0.29, 0.717) is 33.0 Å². The number of carbonyl (C=O) groups excluding carboxylic acids is 1. The second-order valence-corrected chi connectivity index (χ2v) is 10.1. The van der Waals surface area contributed by atoms with E-state index in [1.807, 2.05) is 66.7 Å². The highest BCUT2D eigenvalue weighted by Gasteiger charge is 2.36. The number of carbonyl (C=O) groups is 1. The van der Waals surface area contributed by atoms with Crippen molar-refractivity contribution >= 4 is 34.2 Å². The van der Waals surface area contributed by atoms with E-state index in [1.165, 1.54) is 11.3 Å². The summed E-state index contributed by atoms with van der Waals surface area (Å²) in [6, 6.07) is 18.6. The van der Waals surface area contributed by atoms with E-state index in [9.17, 15) is 9.59 Å². The lowest BCUT2D eigenvalue weighted by atomic mass is 9.90. The zero-order valence-corrected chi connectivity index (χ0v) is 23.2. The normalized spacial score (nSPS) is 15.2. The molecule has 1 aliphatic heterocycles. The van der Waals surface area contributed by atoms with Crippen molar-refractivity contribution in [2.75, 3.05) is 20.3 Å². The van der Waals surface area contributed by atoms with Gasteiger partial charge in [-0.1, -0.05) is 60.7 Å². The van der Waals surface area contributed by atoms with Gasteiger partial charge in [-0.25, -0.2) is 9.79 Å². The molecule has 0 N–H and O–H groups in total. The lowest BCUT2D eigenvalue weighted by Gasteiger charge is -2.27. The lowest BCUT2D eigenvalue weighted by molar-refractivity contribution is -0.139. The van der Waals surface area contributed by atoms with Gasteiger partial charge in [0.25, 0.3) is 5.56 Å². The molecule has 1 atom stereocenters. The Kier molecular flexibility index (Phi) is 7.65. The minimum atomic E-state index is -0.770. The standard InChI is InChI=1S/C31H30N2O5S/c1-5-17-38-22-14-11-20(12-15-22)18-25-29(34)33-28(26(30(35)37-6-2)19(3)32-31(33)39-25)27-23-10-8-7-9-21(23)13-16-24(27)36-4/h7-16,18,28H,5-6,17H2,1-4H3/b25-18-/t28-/m1/s1. The molecule has 0 aliphatic carbocycles. The fourth-order valence-corrected chi connectivity index (χ4v) is 5.88. The number of hydrogen-bond acceptors (Lipinski definition) is 7. The quantitative estimate of drug-likeness (QED) is 0.300. The van der Waals surface area contributed by atoms with Gasteiger partial charge in [0.2, 0.25) is 0 Å². The minimum absolute atomic E-state index is 0.206. The van der Waals surface area contributed by atoms with Gasteiger partial charge in [-0.3, -0.25) is 9.36 Å². The maximum absolute atomic E-state index is 14.0. The maximum atomic E-state index is 14.0. The van der Waals surface area contributed by atoms with Gasteiger partial charge in [0.05, 0.1) is 36.1 Å². The van der Waals surface area contributed by atoms with E-state index in [4.69, 9.17) is 19.2 Å². The summed E-state index contributed by atoms with van der Waals surface area (Å²) < 4.78 is 19.0. The molecule has 0 unspecified atom stereocenters. The van der Waals surface area contributed by atoms with Crippen LogP contribution < -0.4 is 24.4 Å². The predicted octanol–water partition coefficient (Wildman–Crippen LogP) is 4.75. The zero-order chi connectivity index (χ0) is 27.5. The third kappa shape index (κ3) is 5.00.